The van der Waals surface area contributed by atoms with Crippen LogP contribution in [0.15, 0.2) is 47.0 Å². The van der Waals surface area contributed by atoms with E-state index in [-0.39, 0.29) is 41.1 Å². The van der Waals surface area contributed by atoms with E-state index in [1.165, 1.54) is 17.8 Å². The summed E-state index contributed by atoms with van der Waals surface area (Å²) in [7, 11) is 2.06. The number of nitrogens with one attached hydrogen (secondary N) is 3. The number of carbonyl (C=O) groups excluding carboxylic acids is 2. The quantitative estimate of drug-likeness (QED) is 0.516. The number of nitrogens with zero attached hydrogens (tertiary/aromatic N) is 2. The van der Waals surface area contributed by atoms with Gasteiger partial charge in [0.25, 0.3) is 5.91 Å². The maximum atomic E-state index is 14.1. The fraction of sp³-hybridized carbons (Fsp3) is 0.429. The van der Waals surface area contributed by atoms with E-state index >= 15 is 0 Å². The summed E-state index contributed by atoms with van der Waals surface area (Å²) in [6.45, 7) is 4.39. The number of rotatable bonds is 5. The first kappa shape index (κ1) is 26.1. The fourth-order valence-corrected chi connectivity index (χ4v) is 7.50. The van der Waals surface area contributed by atoms with Gasteiger partial charge in [-0.25, -0.2) is 13.6 Å². The van der Waals surface area contributed by atoms with Crippen molar-refractivity contribution in [3.8, 4) is 11.5 Å². The van der Waals surface area contributed by atoms with Gasteiger partial charge in [0.05, 0.1) is 16.3 Å². The number of likely N-dealkylation sites (N-methyl/N-ethyl adjacent to an activating group) is 1. The number of piperidine rings is 2. The highest BCUT2D eigenvalue weighted by Gasteiger charge is 2.52. The van der Waals surface area contributed by atoms with Crippen molar-refractivity contribution in [2.24, 2.45) is 5.92 Å². The molecule has 4 atom stereocenters. The van der Waals surface area contributed by atoms with Gasteiger partial charge in [-0.15, -0.1) is 0 Å². The predicted molar refractivity (Wildman–Crippen MR) is 146 cm³/mol. The van der Waals surface area contributed by atoms with Crippen molar-refractivity contribution in [3.05, 3.63) is 64.2 Å². The average molecular weight is 556 g/mol. The van der Waals surface area contributed by atoms with Crippen LogP contribution in [0.2, 0.25) is 0 Å². The second kappa shape index (κ2) is 10.4. The molecule has 39 heavy (non-hydrogen) atoms. The molecule has 2 aromatic carbocycles. The summed E-state index contributed by atoms with van der Waals surface area (Å²) >= 11 is 1.49. The van der Waals surface area contributed by atoms with Crippen LogP contribution in [-0.4, -0.2) is 61.0 Å². The van der Waals surface area contributed by atoms with Crippen molar-refractivity contribution in [2.45, 2.75) is 43.6 Å². The molecule has 4 heterocycles. The molecule has 0 aromatic heterocycles. The smallest absolute Gasteiger partial charge is 0.326 e. The molecule has 3 saturated heterocycles. The highest BCUT2D eigenvalue weighted by Crippen LogP contribution is 2.48. The first-order chi connectivity index (χ1) is 18.8. The monoisotopic (exact) mass is 555 g/mol. The lowest BCUT2D eigenvalue weighted by Crippen LogP contribution is -2.62. The van der Waals surface area contributed by atoms with Crippen LogP contribution >= 0.6 is 11.8 Å². The maximum absolute atomic E-state index is 14.1. The SMILES string of the molecule is Cc1cc(Oc2c(F)cccc2F)ccc1N1C(=O)NC2=C(C(=O)N[C@@H]3CCCN(C)C3)SC3NCCC1C23. The average Bonchev–Trinajstić information content (AvgIpc) is 3.27. The standard InChI is InChI=1S/C28H31F2N5O3S/c1-15-13-17(38-24-18(29)6-3-7-19(24)30)8-9-20(15)35-21-10-11-31-27-22(21)23(33-28(35)37)25(39-27)26(36)32-16-5-4-12-34(2)14-16/h3,6-9,13,16,21-22,27,31H,4-5,10-12,14H2,1-2H3,(H,32,36)(H,33,37)/t16-,21?,22?,27?/m1/s1. The summed E-state index contributed by atoms with van der Waals surface area (Å²) in [6.07, 6.45) is 2.71. The van der Waals surface area contributed by atoms with Gasteiger partial charge < -0.3 is 25.6 Å². The van der Waals surface area contributed by atoms with Crippen molar-refractivity contribution in [1.29, 1.82) is 0 Å². The second-order valence-corrected chi connectivity index (χ2v) is 11.7. The molecular weight excluding hydrogens is 524 g/mol. The first-order valence-electron chi connectivity index (χ1n) is 13.3. The van der Waals surface area contributed by atoms with Crippen LogP contribution in [0.5, 0.6) is 11.5 Å². The molecule has 2 aromatic rings. The Hall–Kier alpha value is -3.15. The topological polar surface area (TPSA) is 85.9 Å². The summed E-state index contributed by atoms with van der Waals surface area (Å²) in [5.41, 5.74) is 2.11. The van der Waals surface area contributed by atoms with E-state index in [4.69, 9.17) is 4.74 Å². The highest BCUT2D eigenvalue weighted by molar-refractivity contribution is 8.04. The molecule has 8 nitrogen and oxygen atoms in total. The van der Waals surface area contributed by atoms with Crippen molar-refractivity contribution < 1.29 is 23.1 Å². The number of ether oxygens (including phenoxy) is 1. The van der Waals surface area contributed by atoms with Crippen LogP contribution in [0.3, 0.4) is 0 Å². The molecule has 0 radical (unpaired) electrons. The molecule has 0 spiro atoms. The van der Waals surface area contributed by atoms with E-state index in [9.17, 15) is 18.4 Å². The van der Waals surface area contributed by atoms with Crippen molar-refractivity contribution in [2.75, 3.05) is 31.6 Å². The van der Waals surface area contributed by atoms with Gasteiger partial charge in [-0.3, -0.25) is 9.69 Å². The number of anilines is 1. The van der Waals surface area contributed by atoms with Crippen molar-refractivity contribution in [3.63, 3.8) is 0 Å². The molecule has 4 aliphatic heterocycles. The van der Waals surface area contributed by atoms with Gasteiger partial charge in [0.15, 0.2) is 17.4 Å². The summed E-state index contributed by atoms with van der Waals surface area (Å²) in [5.74, 6) is -1.98. The molecule has 3 amide bonds. The van der Waals surface area contributed by atoms with Gasteiger partial charge in [-0.1, -0.05) is 17.8 Å². The Morgan fingerprint density at radius 1 is 1.18 bits per heavy atom. The predicted octanol–water partition coefficient (Wildman–Crippen LogP) is 4.07. The van der Waals surface area contributed by atoms with Gasteiger partial charge in [0.2, 0.25) is 0 Å². The van der Waals surface area contributed by atoms with E-state index in [2.05, 4.69) is 27.9 Å². The third-order valence-electron chi connectivity index (χ3n) is 7.87. The summed E-state index contributed by atoms with van der Waals surface area (Å²) in [4.78, 5) is 31.4. The van der Waals surface area contributed by atoms with E-state index in [1.54, 1.807) is 23.1 Å². The van der Waals surface area contributed by atoms with Crippen molar-refractivity contribution >= 4 is 29.4 Å². The third kappa shape index (κ3) is 4.87. The molecule has 6 rings (SSSR count). The summed E-state index contributed by atoms with van der Waals surface area (Å²) in [5, 5.41) is 9.71. The van der Waals surface area contributed by atoms with Crippen LogP contribution < -0.4 is 25.6 Å². The van der Waals surface area contributed by atoms with E-state index in [1.807, 2.05) is 6.92 Å². The van der Waals surface area contributed by atoms with Crippen LogP contribution in [0.1, 0.15) is 24.8 Å². The van der Waals surface area contributed by atoms with Gasteiger partial charge in [-0.2, -0.15) is 0 Å². The van der Waals surface area contributed by atoms with Crippen LogP contribution in [0.25, 0.3) is 0 Å². The molecule has 3 unspecified atom stereocenters. The first-order valence-corrected chi connectivity index (χ1v) is 14.1. The van der Waals surface area contributed by atoms with E-state index in [0.29, 0.717) is 22.8 Å². The number of hydrogen-bond donors (Lipinski definition) is 3. The Kier molecular flexibility index (Phi) is 6.98. The Morgan fingerprint density at radius 3 is 2.72 bits per heavy atom. The van der Waals surface area contributed by atoms with Crippen LogP contribution in [-0.2, 0) is 4.79 Å². The second-order valence-electron chi connectivity index (χ2n) is 10.6. The molecule has 4 aliphatic rings. The van der Waals surface area contributed by atoms with Crippen LogP contribution in [0.4, 0.5) is 19.3 Å². The Labute approximate surface area is 230 Å². The number of hydrogen-bond acceptors (Lipinski definition) is 6. The zero-order valence-electron chi connectivity index (χ0n) is 21.8. The molecule has 3 N–H and O–H groups in total. The normalized spacial score (nSPS) is 26.8. The Balaban J connectivity index is 1.25. The number of aryl methyl sites for hydroxylation is 1. The van der Waals surface area contributed by atoms with Crippen LogP contribution in [0, 0.1) is 24.5 Å². The minimum absolute atomic E-state index is 0.0245. The number of halogens is 2. The van der Waals surface area contributed by atoms with Gasteiger partial charge in [0.1, 0.15) is 5.75 Å². The highest BCUT2D eigenvalue weighted by atomic mass is 32.2. The molecule has 206 valence electrons. The van der Waals surface area contributed by atoms with Crippen molar-refractivity contribution in [1.82, 2.24) is 20.9 Å². The van der Waals surface area contributed by atoms with E-state index < -0.39 is 17.4 Å². The number of para-hydroxylation sites is 1. The van der Waals surface area contributed by atoms with Gasteiger partial charge in [-0.05, 0) is 82.2 Å². The Morgan fingerprint density at radius 2 is 1.97 bits per heavy atom. The Bertz CT molecular complexity index is 1330. The summed E-state index contributed by atoms with van der Waals surface area (Å²) in [6, 6.07) is 8.22. The largest absolute Gasteiger partial charge is 0.451 e. The van der Waals surface area contributed by atoms with Gasteiger partial charge >= 0.3 is 6.03 Å². The van der Waals surface area contributed by atoms with E-state index in [0.717, 1.165) is 50.0 Å². The zero-order valence-corrected chi connectivity index (χ0v) is 22.6. The summed E-state index contributed by atoms with van der Waals surface area (Å²) < 4.78 is 33.7. The minimum Gasteiger partial charge on any atom is -0.451 e. The molecule has 11 heteroatoms. The number of urea groups is 1. The molecule has 0 aliphatic carbocycles. The molecule has 3 fully saturated rings. The number of likely N-dealkylation sites (tertiary alicyclic amines) is 1. The fourth-order valence-electron chi connectivity index (χ4n) is 6.10. The number of thioether (sulfide) groups is 1. The van der Waals surface area contributed by atoms with Gasteiger partial charge in [0, 0.05) is 29.9 Å². The molecule has 0 bridgehead atoms. The zero-order chi connectivity index (χ0) is 27.3. The number of carbonyl (C=O) groups is 2. The lowest BCUT2D eigenvalue weighted by atomic mass is 9.86. The molecule has 0 saturated carbocycles. The molecular formula is C28H31F2N5O3S. The number of amides is 3. The third-order valence-corrected chi connectivity index (χ3v) is 9.23. The minimum atomic E-state index is -0.790. The lowest BCUT2D eigenvalue weighted by Gasteiger charge is -2.46. The number of benzene rings is 2. The maximum Gasteiger partial charge on any atom is 0.326 e. The lowest BCUT2D eigenvalue weighted by molar-refractivity contribution is -0.117.